The number of hydrogen-bond acceptors (Lipinski definition) is 2. The zero-order chi connectivity index (χ0) is 13.5. The van der Waals surface area contributed by atoms with Crippen molar-refractivity contribution in [1.82, 2.24) is 4.98 Å². The first kappa shape index (κ1) is 13.1. The van der Waals surface area contributed by atoms with Crippen LogP contribution in [0.3, 0.4) is 0 Å². The van der Waals surface area contributed by atoms with Crippen LogP contribution in [0.4, 0.5) is 5.69 Å². The zero-order valence-electron chi connectivity index (χ0n) is 11.0. The van der Waals surface area contributed by atoms with Crippen LogP contribution in [0.1, 0.15) is 11.1 Å². The highest BCUT2D eigenvalue weighted by Crippen LogP contribution is 2.06. The number of anilines is 1. The SMILES string of the molecule is Cc1cnccc1CCN=C(N)Nc1ccccc1. The second-order valence-corrected chi connectivity index (χ2v) is 4.31. The first-order valence-corrected chi connectivity index (χ1v) is 6.27. The largest absolute Gasteiger partial charge is 0.370 e. The van der Waals surface area contributed by atoms with E-state index in [1.807, 2.05) is 42.6 Å². The molecule has 3 N–H and O–H groups in total. The number of nitrogens with one attached hydrogen (secondary N) is 1. The minimum Gasteiger partial charge on any atom is -0.370 e. The molecule has 4 nitrogen and oxygen atoms in total. The van der Waals surface area contributed by atoms with E-state index in [2.05, 4.69) is 22.2 Å². The fraction of sp³-hybridized carbons (Fsp3) is 0.200. The van der Waals surface area contributed by atoms with Crippen LogP contribution in [0, 0.1) is 6.92 Å². The second-order valence-electron chi connectivity index (χ2n) is 4.31. The summed E-state index contributed by atoms with van der Waals surface area (Å²) in [4.78, 5) is 8.39. The maximum Gasteiger partial charge on any atom is 0.193 e. The van der Waals surface area contributed by atoms with Gasteiger partial charge in [0.05, 0.1) is 0 Å². The van der Waals surface area contributed by atoms with Gasteiger partial charge >= 0.3 is 0 Å². The Balaban J connectivity index is 1.87. The molecule has 1 aromatic heterocycles. The van der Waals surface area contributed by atoms with Gasteiger partial charge in [-0.05, 0) is 42.7 Å². The number of benzene rings is 1. The van der Waals surface area contributed by atoms with Crippen LogP contribution in [0.15, 0.2) is 53.8 Å². The zero-order valence-corrected chi connectivity index (χ0v) is 11.0. The number of nitrogens with two attached hydrogens (primary N) is 1. The topological polar surface area (TPSA) is 63.3 Å². The van der Waals surface area contributed by atoms with Gasteiger partial charge in [-0.2, -0.15) is 0 Å². The molecule has 0 fully saturated rings. The summed E-state index contributed by atoms with van der Waals surface area (Å²) in [5.74, 6) is 0.443. The number of para-hydroxylation sites is 1. The van der Waals surface area contributed by atoms with Crippen molar-refractivity contribution in [3.63, 3.8) is 0 Å². The monoisotopic (exact) mass is 254 g/mol. The highest BCUT2D eigenvalue weighted by molar-refractivity contribution is 5.92. The molecule has 0 unspecified atom stereocenters. The van der Waals surface area contributed by atoms with E-state index in [0.29, 0.717) is 12.5 Å². The summed E-state index contributed by atoms with van der Waals surface area (Å²) in [7, 11) is 0. The Labute approximate surface area is 113 Å². The van der Waals surface area contributed by atoms with Gasteiger partial charge in [-0.15, -0.1) is 0 Å². The molecule has 0 aliphatic rings. The number of rotatable bonds is 4. The minimum atomic E-state index is 0.443. The lowest BCUT2D eigenvalue weighted by Crippen LogP contribution is -2.23. The molecule has 4 heteroatoms. The molecule has 0 aliphatic carbocycles. The molecule has 0 atom stereocenters. The Hall–Kier alpha value is -2.36. The van der Waals surface area contributed by atoms with Crippen molar-refractivity contribution in [2.75, 3.05) is 11.9 Å². The van der Waals surface area contributed by atoms with Crippen LogP contribution in [0.25, 0.3) is 0 Å². The fourth-order valence-electron chi connectivity index (χ4n) is 1.79. The van der Waals surface area contributed by atoms with Crippen LogP contribution < -0.4 is 11.1 Å². The van der Waals surface area contributed by atoms with Crippen LogP contribution in [0.2, 0.25) is 0 Å². The Morgan fingerprint density at radius 1 is 1.26 bits per heavy atom. The van der Waals surface area contributed by atoms with Crippen LogP contribution in [-0.4, -0.2) is 17.5 Å². The number of guanidine groups is 1. The van der Waals surface area contributed by atoms with Gasteiger partial charge in [0.25, 0.3) is 0 Å². The molecular formula is C15H18N4. The van der Waals surface area contributed by atoms with Crippen molar-refractivity contribution in [3.8, 4) is 0 Å². The molecule has 2 rings (SSSR count). The summed E-state index contributed by atoms with van der Waals surface area (Å²) in [5, 5.41) is 3.06. The number of pyridine rings is 1. The third kappa shape index (κ3) is 4.10. The first-order chi connectivity index (χ1) is 9.25. The smallest absolute Gasteiger partial charge is 0.193 e. The molecular weight excluding hydrogens is 236 g/mol. The van der Waals surface area contributed by atoms with E-state index in [1.165, 1.54) is 11.1 Å². The standard InChI is InChI=1S/C15H18N4/c1-12-11-17-9-7-13(12)8-10-18-15(16)19-14-5-3-2-4-6-14/h2-7,9,11H,8,10H2,1H3,(H3,16,18,19). The van der Waals surface area contributed by atoms with Gasteiger partial charge in [0.2, 0.25) is 0 Å². The van der Waals surface area contributed by atoms with Crippen molar-refractivity contribution in [2.24, 2.45) is 10.7 Å². The molecule has 1 aromatic carbocycles. The Kier molecular flexibility index (Phi) is 4.50. The van der Waals surface area contributed by atoms with Gasteiger partial charge < -0.3 is 11.1 Å². The molecule has 19 heavy (non-hydrogen) atoms. The van der Waals surface area contributed by atoms with E-state index in [-0.39, 0.29) is 0 Å². The number of hydrogen-bond donors (Lipinski definition) is 2. The van der Waals surface area contributed by atoms with Crippen molar-refractivity contribution in [3.05, 3.63) is 59.9 Å². The van der Waals surface area contributed by atoms with Crippen molar-refractivity contribution < 1.29 is 0 Å². The minimum absolute atomic E-state index is 0.443. The highest BCUT2D eigenvalue weighted by Gasteiger charge is 1.97. The molecule has 0 saturated heterocycles. The lowest BCUT2D eigenvalue weighted by molar-refractivity contribution is 0.948. The van der Waals surface area contributed by atoms with E-state index in [1.54, 1.807) is 6.20 Å². The number of aliphatic imine (C=N–C) groups is 1. The fourth-order valence-corrected chi connectivity index (χ4v) is 1.79. The van der Waals surface area contributed by atoms with Gasteiger partial charge in [-0.3, -0.25) is 9.98 Å². The van der Waals surface area contributed by atoms with Gasteiger partial charge in [0, 0.05) is 24.6 Å². The van der Waals surface area contributed by atoms with E-state index >= 15 is 0 Å². The highest BCUT2D eigenvalue weighted by atomic mass is 15.1. The average molecular weight is 254 g/mol. The van der Waals surface area contributed by atoms with Crippen molar-refractivity contribution in [2.45, 2.75) is 13.3 Å². The molecule has 0 amide bonds. The molecule has 2 aromatic rings. The lowest BCUT2D eigenvalue weighted by Gasteiger charge is -2.06. The second kappa shape index (κ2) is 6.54. The molecule has 0 radical (unpaired) electrons. The Bertz CT molecular complexity index is 549. The maximum absolute atomic E-state index is 5.83. The third-order valence-corrected chi connectivity index (χ3v) is 2.85. The molecule has 0 aliphatic heterocycles. The van der Waals surface area contributed by atoms with Gasteiger partial charge in [0.15, 0.2) is 5.96 Å². The van der Waals surface area contributed by atoms with Gasteiger partial charge in [-0.25, -0.2) is 0 Å². The molecule has 0 spiro atoms. The lowest BCUT2D eigenvalue weighted by atomic mass is 10.1. The Morgan fingerprint density at radius 2 is 2.05 bits per heavy atom. The van der Waals surface area contributed by atoms with Gasteiger partial charge in [-0.1, -0.05) is 18.2 Å². The van der Waals surface area contributed by atoms with E-state index in [9.17, 15) is 0 Å². The molecule has 0 bridgehead atoms. The normalized spacial score (nSPS) is 11.3. The van der Waals surface area contributed by atoms with E-state index in [0.717, 1.165) is 12.1 Å². The summed E-state index contributed by atoms with van der Waals surface area (Å²) in [5.41, 5.74) is 9.23. The van der Waals surface area contributed by atoms with Crippen LogP contribution in [0.5, 0.6) is 0 Å². The summed E-state index contributed by atoms with van der Waals surface area (Å²) in [6, 6.07) is 11.8. The Morgan fingerprint density at radius 3 is 2.79 bits per heavy atom. The quantitative estimate of drug-likeness (QED) is 0.650. The number of aryl methyl sites for hydroxylation is 1. The van der Waals surface area contributed by atoms with Gasteiger partial charge in [0.1, 0.15) is 0 Å². The maximum atomic E-state index is 5.83. The summed E-state index contributed by atoms with van der Waals surface area (Å²) < 4.78 is 0. The summed E-state index contributed by atoms with van der Waals surface area (Å²) in [6.45, 7) is 2.72. The van der Waals surface area contributed by atoms with Crippen molar-refractivity contribution >= 4 is 11.6 Å². The average Bonchev–Trinajstić information content (AvgIpc) is 2.42. The number of nitrogens with zero attached hydrogens (tertiary/aromatic N) is 2. The predicted octanol–water partition coefficient (Wildman–Crippen LogP) is 2.36. The molecule has 0 saturated carbocycles. The van der Waals surface area contributed by atoms with Crippen LogP contribution in [-0.2, 0) is 6.42 Å². The van der Waals surface area contributed by atoms with Crippen molar-refractivity contribution in [1.29, 1.82) is 0 Å². The first-order valence-electron chi connectivity index (χ1n) is 6.27. The number of aromatic nitrogens is 1. The predicted molar refractivity (Wildman–Crippen MR) is 79.2 cm³/mol. The third-order valence-electron chi connectivity index (χ3n) is 2.85. The molecule has 1 heterocycles. The van der Waals surface area contributed by atoms with Crippen LogP contribution >= 0.6 is 0 Å². The summed E-state index contributed by atoms with van der Waals surface area (Å²) in [6.07, 6.45) is 4.54. The van der Waals surface area contributed by atoms with E-state index in [4.69, 9.17) is 5.73 Å². The summed E-state index contributed by atoms with van der Waals surface area (Å²) >= 11 is 0. The molecule has 98 valence electrons. The van der Waals surface area contributed by atoms with E-state index < -0.39 is 0 Å².